The lowest BCUT2D eigenvalue weighted by atomic mass is 10.2. The Kier molecular flexibility index (Phi) is 4.19. The van der Waals surface area contributed by atoms with Gasteiger partial charge in [0.25, 0.3) is 0 Å². The Morgan fingerprint density at radius 1 is 1.32 bits per heavy atom. The van der Waals surface area contributed by atoms with Gasteiger partial charge < -0.3 is 15.8 Å². The molecule has 0 aliphatic heterocycles. The molecule has 0 saturated carbocycles. The van der Waals surface area contributed by atoms with Crippen LogP contribution in [0, 0.1) is 0 Å². The van der Waals surface area contributed by atoms with Crippen LogP contribution in [0.1, 0.15) is 11.3 Å². The number of ether oxygens (including phenoxy) is 1. The Balaban J connectivity index is 2.12. The zero-order chi connectivity index (χ0) is 13.7. The number of rotatable bonds is 5. The van der Waals surface area contributed by atoms with Crippen molar-refractivity contribution in [2.75, 3.05) is 12.4 Å². The van der Waals surface area contributed by atoms with Crippen LogP contribution in [0.2, 0.25) is 0 Å². The molecule has 6 nitrogen and oxygen atoms in total. The molecule has 98 valence electrons. The molecule has 0 amide bonds. The molecule has 0 radical (unpaired) electrons. The topological polar surface area (TPSA) is 86.0 Å². The van der Waals surface area contributed by atoms with Crippen LogP contribution in [-0.2, 0) is 6.54 Å². The molecule has 2 rings (SSSR count). The summed E-state index contributed by atoms with van der Waals surface area (Å²) in [5.74, 6) is 1.12. The molecular formula is C12H13N5OS. The summed E-state index contributed by atoms with van der Waals surface area (Å²) in [6, 6.07) is 3.72. The summed E-state index contributed by atoms with van der Waals surface area (Å²) >= 11 is 4.93. The van der Waals surface area contributed by atoms with Gasteiger partial charge in [0.2, 0.25) is 5.88 Å². The van der Waals surface area contributed by atoms with E-state index in [0.717, 1.165) is 5.56 Å². The largest absolute Gasteiger partial charge is 0.481 e. The van der Waals surface area contributed by atoms with Crippen molar-refractivity contribution in [3.05, 3.63) is 42.0 Å². The highest BCUT2D eigenvalue weighted by molar-refractivity contribution is 7.80. The third-order valence-corrected chi connectivity index (χ3v) is 2.59. The number of nitrogens with zero attached hydrogens (tertiary/aromatic N) is 3. The van der Waals surface area contributed by atoms with Crippen LogP contribution in [0.3, 0.4) is 0 Å². The van der Waals surface area contributed by atoms with Gasteiger partial charge in [0.1, 0.15) is 10.7 Å². The van der Waals surface area contributed by atoms with Crippen LogP contribution in [0.4, 0.5) is 5.82 Å². The van der Waals surface area contributed by atoms with Crippen LogP contribution in [0.15, 0.2) is 30.7 Å². The van der Waals surface area contributed by atoms with Crippen LogP contribution < -0.4 is 15.8 Å². The quantitative estimate of drug-likeness (QED) is 0.791. The van der Waals surface area contributed by atoms with Gasteiger partial charge in [0, 0.05) is 31.2 Å². The smallest absolute Gasteiger partial charge is 0.213 e. The Bertz CT molecular complexity index is 590. The highest BCUT2D eigenvalue weighted by Crippen LogP contribution is 2.12. The molecule has 2 aromatic heterocycles. The highest BCUT2D eigenvalue weighted by Gasteiger charge is 2.07. The molecule has 3 N–H and O–H groups in total. The maximum absolute atomic E-state index is 5.59. The van der Waals surface area contributed by atoms with E-state index >= 15 is 0 Å². The van der Waals surface area contributed by atoms with Gasteiger partial charge in [-0.15, -0.1) is 0 Å². The molecule has 19 heavy (non-hydrogen) atoms. The second kappa shape index (κ2) is 6.05. The van der Waals surface area contributed by atoms with Gasteiger partial charge in [-0.3, -0.25) is 0 Å². The van der Waals surface area contributed by atoms with Crippen LogP contribution in [0.5, 0.6) is 5.88 Å². The fraction of sp³-hybridized carbons (Fsp3) is 0.167. The summed E-state index contributed by atoms with van der Waals surface area (Å²) in [7, 11) is 1.58. The van der Waals surface area contributed by atoms with Crippen molar-refractivity contribution in [3.8, 4) is 5.88 Å². The summed E-state index contributed by atoms with van der Waals surface area (Å²) < 4.78 is 5.06. The van der Waals surface area contributed by atoms with E-state index in [9.17, 15) is 0 Å². The average molecular weight is 275 g/mol. The van der Waals surface area contributed by atoms with Crippen molar-refractivity contribution in [2.24, 2.45) is 5.73 Å². The summed E-state index contributed by atoms with van der Waals surface area (Å²) in [5.41, 5.74) is 7.08. The number of hydrogen-bond acceptors (Lipinski definition) is 6. The van der Waals surface area contributed by atoms with Gasteiger partial charge >= 0.3 is 0 Å². The lowest BCUT2D eigenvalue weighted by Gasteiger charge is -2.09. The number of nitrogens with one attached hydrogen (secondary N) is 1. The molecular weight excluding hydrogens is 262 g/mol. The molecule has 2 heterocycles. The van der Waals surface area contributed by atoms with Crippen molar-refractivity contribution in [1.29, 1.82) is 0 Å². The summed E-state index contributed by atoms with van der Waals surface area (Å²) in [4.78, 5) is 12.5. The lowest BCUT2D eigenvalue weighted by molar-refractivity contribution is 0.397. The zero-order valence-corrected chi connectivity index (χ0v) is 11.1. The maximum atomic E-state index is 5.59. The van der Waals surface area contributed by atoms with Gasteiger partial charge in [-0.25, -0.2) is 15.0 Å². The SMILES string of the molecule is COc1cc(CNc2nccnc2C(N)=S)ccn1. The standard InChI is InChI=1S/C12H13N5OS/c1-18-9-6-8(2-3-14-9)7-17-12-10(11(13)19)15-4-5-16-12/h2-6H,7H2,1H3,(H2,13,19)(H,16,17). The first kappa shape index (κ1) is 13.2. The molecule has 0 aliphatic carbocycles. The summed E-state index contributed by atoms with van der Waals surface area (Å²) in [6.45, 7) is 0.549. The number of pyridine rings is 1. The predicted molar refractivity (Wildman–Crippen MR) is 76.0 cm³/mol. The van der Waals surface area contributed by atoms with E-state index < -0.39 is 0 Å². The molecule has 0 aromatic carbocycles. The minimum atomic E-state index is 0.211. The molecule has 0 saturated heterocycles. The Hall–Kier alpha value is -2.28. The zero-order valence-electron chi connectivity index (χ0n) is 10.3. The second-order valence-electron chi connectivity index (χ2n) is 3.68. The van der Waals surface area contributed by atoms with E-state index in [0.29, 0.717) is 23.9 Å². The summed E-state index contributed by atoms with van der Waals surface area (Å²) in [6.07, 6.45) is 4.81. The first-order chi connectivity index (χ1) is 9.20. The Morgan fingerprint density at radius 3 is 2.84 bits per heavy atom. The molecule has 0 spiro atoms. The van der Waals surface area contributed by atoms with Crippen molar-refractivity contribution in [2.45, 2.75) is 6.54 Å². The van der Waals surface area contributed by atoms with E-state index in [-0.39, 0.29) is 4.99 Å². The number of hydrogen-bond donors (Lipinski definition) is 2. The van der Waals surface area contributed by atoms with Gasteiger partial charge in [-0.05, 0) is 11.6 Å². The molecule has 7 heteroatoms. The van der Waals surface area contributed by atoms with E-state index in [1.165, 1.54) is 0 Å². The number of methoxy groups -OCH3 is 1. The predicted octanol–water partition coefficient (Wildman–Crippen LogP) is 1.13. The number of anilines is 1. The first-order valence-corrected chi connectivity index (χ1v) is 5.95. The number of nitrogens with two attached hydrogens (primary N) is 1. The first-order valence-electron chi connectivity index (χ1n) is 5.54. The lowest BCUT2D eigenvalue weighted by Crippen LogP contribution is -2.16. The highest BCUT2D eigenvalue weighted by atomic mass is 32.1. The van der Waals surface area contributed by atoms with Gasteiger partial charge in [-0.1, -0.05) is 12.2 Å². The summed E-state index contributed by atoms with van der Waals surface area (Å²) in [5, 5.41) is 3.14. The number of thiocarbonyl (C=S) groups is 1. The molecule has 0 unspecified atom stereocenters. The fourth-order valence-corrected chi connectivity index (χ4v) is 1.65. The Labute approximate surface area is 116 Å². The number of aromatic nitrogens is 3. The monoisotopic (exact) mass is 275 g/mol. The maximum Gasteiger partial charge on any atom is 0.213 e. The van der Waals surface area contributed by atoms with Crippen molar-refractivity contribution in [3.63, 3.8) is 0 Å². The van der Waals surface area contributed by atoms with E-state index in [4.69, 9.17) is 22.7 Å². The molecule has 2 aromatic rings. The van der Waals surface area contributed by atoms with Gasteiger partial charge in [0.15, 0.2) is 5.82 Å². The molecule has 0 bridgehead atoms. The Morgan fingerprint density at radius 2 is 2.11 bits per heavy atom. The molecule has 0 atom stereocenters. The van der Waals surface area contributed by atoms with Crippen molar-refractivity contribution < 1.29 is 4.74 Å². The average Bonchev–Trinajstić information content (AvgIpc) is 2.45. The second-order valence-corrected chi connectivity index (χ2v) is 4.12. The van der Waals surface area contributed by atoms with Crippen molar-refractivity contribution >= 4 is 23.0 Å². The van der Waals surface area contributed by atoms with E-state index in [1.807, 2.05) is 12.1 Å². The fourth-order valence-electron chi connectivity index (χ4n) is 1.51. The van der Waals surface area contributed by atoms with E-state index in [1.54, 1.807) is 25.7 Å². The minimum Gasteiger partial charge on any atom is -0.481 e. The third-order valence-electron chi connectivity index (χ3n) is 2.40. The van der Waals surface area contributed by atoms with E-state index in [2.05, 4.69) is 20.3 Å². The van der Waals surface area contributed by atoms with Gasteiger partial charge in [-0.2, -0.15) is 0 Å². The van der Waals surface area contributed by atoms with Crippen LogP contribution in [-0.4, -0.2) is 27.1 Å². The normalized spacial score (nSPS) is 9.95. The van der Waals surface area contributed by atoms with Crippen LogP contribution in [0.25, 0.3) is 0 Å². The van der Waals surface area contributed by atoms with Crippen molar-refractivity contribution in [1.82, 2.24) is 15.0 Å². The molecule has 0 aliphatic rings. The third kappa shape index (κ3) is 3.35. The van der Waals surface area contributed by atoms with Crippen LogP contribution >= 0.6 is 12.2 Å². The minimum absolute atomic E-state index is 0.211. The molecule has 0 fully saturated rings. The van der Waals surface area contributed by atoms with Gasteiger partial charge in [0.05, 0.1) is 7.11 Å².